The maximum Gasteiger partial charge on any atom is 0.269 e. The fraction of sp³-hybridized carbons (Fsp3) is 0.217. The third-order valence-electron chi connectivity index (χ3n) is 5.13. The van der Waals surface area contributed by atoms with E-state index in [1.165, 1.54) is 0 Å². The number of amides is 2. The number of aryl methyl sites for hydroxylation is 3. The Morgan fingerprint density at radius 1 is 1.06 bits per heavy atom. The Labute approximate surface area is 179 Å². The first kappa shape index (κ1) is 20.3. The van der Waals surface area contributed by atoms with Crippen molar-refractivity contribution in [1.82, 2.24) is 30.2 Å². The highest BCUT2D eigenvalue weighted by Crippen LogP contribution is 2.17. The van der Waals surface area contributed by atoms with Crippen molar-refractivity contribution in [3.63, 3.8) is 0 Å². The molecule has 0 aliphatic heterocycles. The zero-order valence-electron chi connectivity index (χ0n) is 17.5. The number of imidazole rings is 1. The van der Waals surface area contributed by atoms with Gasteiger partial charge in [0, 0.05) is 24.7 Å². The highest BCUT2D eigenvalue weighted by molar-refractivity contribution is 5.98. The van der Waals surface area contributed by atoms with Crippen LogP contribution in [0.2, 0.25) is 0 Å². The molecule has 2 aromatic heterocycles. The van der Waals surface area contributed by atoms with E-state index in [2.05, 4.69) is 32.4 Å². The maximum atomic E-state index is 12.4. The number of para-hydroxylation sites is 1. The average Bonchev–Trinajstić information content (AvgIpc) is 3.39. The van der Waals surface area contributed by atoms with E-state index in [0.29, 0.717) is 12.0 Å². The lowest BCUT2D eigenvalue weighted by Crippen LogP contribution is -2.41. The van der Waals surface area contributed by atoms with Crippen LogP contribution in [0, 0.1) is 6.92 Å². The Kier molecular flexibility index (Phi) is 5.79. The highest BCUT2D eigenvalue weighted by Gasteiger charge is 2.12. The Morgan fingerprint density at radius 3 is 2.65 bits per heavy atom. The minimum absolute atomic E-state index is 0.236. The first-order valence-electron chi connectivity index (χ1n) is 10.2. The quantitative estimate of drug-likeness (QED) is 0.473. The lowest BCUT2D eigenvalue weighted by molar-refractivity contribution is -0.121. The molecule has 2 amide bonds. The second kappa shape index (κ2) is 8.83. The Morgan fingerprint density at radius 2 is 1.87 bits per heavy atom. The number of benzene rings is 2. The average molecular weight is 416 g/mol. The molecule has 0 saturated heterocycles. The van der Waals surface area contributed by atoms with Crippen LogP contribution in [0.1, 0.15) is 35.1 Å². The van der Waals surface area contributed by atoms with E-state index in [1.54, 1.807) is 23.0 Å². The van der Waals surface area contributed by atoms with Gasteiger partial charge in [0.25, 0.3) is 5.91 Å². The number of aromatic nitrogens is 4. The van der Waals surface area contributed by atoms with Crippen LogP contribution in [0.5, 0.6) is 0 Å². The highest BCUT2D eigenvalue weighted by atomic mass is 16.2. The van der Waals surface area contributed by atoms with E-state index >= 15 is 0 Å². The van der Waals surface area contributed by atoms with E-state index < -0.39 is 0 Å². The SMILES string of the molecule is CCn1c(C)nc2cc(C(=O)NNC(=O)CCc3cnn(-c4ccccc4)c3)ccc21. The number of carbonyl (C=O) groups is 2. The van der Waals surface area contributed by atoms with Gasteiger partial charge in [-0.2, -0.15) is 5.10 Å². The summed E-state index contributed by atoms with van der Waals surface area (Å²) in [5, 5.41) is 4.32. The Balaban J connectivity index is 1.30. The molecule has 2 N–H and O–H groups in total. The number of nitrogens with one attached hydrogen (secondary N) is 2. The summed E-state index contributed by atoms with van der Waals surface area (Å²) in [6.07, 6.45) is 4.40. The van der Waals surface area contributed by atoms with Crippen molar-refractivity contribution in [2.24, 2.45) is 0 Å². The van der Waals surface area contributed by atoms with Crippen LogP contribution in [0.25, 0.3) is 16.7 Å². The first-order valence-corrected chi connectivity index (χ1v) is 10.2. The molecule has 4 rings (SSSR count). The number of hydrogen-bond donors (Lipinski definition) is 2. The standard InChI is InChI=1S/C23H24N6O2/c1-3-28-16(2)25-20-13-18(10-11-21(20)28)23(31)27-26-22(30)12-9-17-14-24-29(15-17)19-7-5-4-6-8-19/h4-8,10-11,13-15H,3,9,12H2,1-2H3,(H,26,30)(H,27,31). The van der Waals surface area contributed by atoms with Crippen molar-refractivity contribution >= 4 is 22.8 Å². The third-order valence-corrected chi connectivity index (χ3v) is 5.13. The molecule has 158 valence electrons. The van der Waals surface area contributed by atoms with Gasteiger partial charge in [-0.05, 0) is 56.2 Å². The zero-order valence-corrected chi connectivity index (χ0v) is 17.5. The fourth-order valence-electron chi connectivity index (χ4n) is 3.52. The molecule has 0 unspecified atom stereocenters. The van der Waals surface area contributed by atoms with Crippen LogP contribution in [0.3, 0.4) is 0 Å². The van der Waals surface area contributed by atoms with Crippen LogP contribution in [-0.2, 0) is 17.8 Å². The molecule has 2 heterocycles. The molecule has 8 heteroatoms. The number of hydrogen-bond acceptors (Lipinski definition) is 4. The molecule has 0 aliphatic rings. The van der Waals surface area contributed by atoms with Gasteiger partial charge < -0.3 is 4.57 Å². The summed E-state index contributed by atoms with van der Waals surface area (Å²) in [6, 6.07) is 15.1. The molecule has 0 fully saturated rings. The van der Waals surface area contributed by atoms with Gasteiger partial charge in [-0.1, -0.05) is 18.2 Å². The summed E-state index contributed by atoms with van der Waals surface area (Å²) < 4.78 is 3.85. The molecule has 0 radical (unpaired) electrons. The van der Waals surface area contributed by atoms with E-state index in [1.807, 2.05) is 49.5 Å². The molecular formula is C23H24N6O2. The Bertz CT molecular complexity index is 1230. The summed E-state index contributed by atoms with van der Waals surface area (Å²) >= 11 is 0. The van der Waals surface area contributed by atoms with Gasteiger partial charge in [-0.25, -0.2) is 9.67 Å². The van der Waals surface area contributed by atoms with Crippen LogP contribution in [0.4, 0.5) is 0 Å². The van der Waals surface area contributed by atoms with Crippen molar-refractivity contribution in [3.05, 3.63) is 77.9 Å². The van der Waals surface area contributed by atoms with Gasteiger partial charge >= 0.3 is 0 Å². The van der Waals surface area contributed by atoms with Gasteiger partial charge in [0.1, 0.15) is 5.82 Å². The summed E-state index contributed by atoms with van der Waals surface area (Å²) in [4.78, 5) is 29.1. The molecular weight excluding hydrogens is 392 g/mol. The summed E-state index contributed by atoms with van der Waals surface area (Å²) in [5.74, 6) is 0.253. The van der Waals surface area contributed by atoms with Gasteiger partial charge in [0.15, 0.2) is 0 Å². The maximum absolute atomic E-state index is 12.4. The molecule has 2 aromatic carbocycles. The van der Waals surface area contributed by atoms with E-state index in [0.717, 1.165) is 34.7 Å². The molecule has 31 heavy (non-hydrogen) atoms. The molecule has 0 bridgehead atoms. The van der Waals surface area contributed by atoms with Gasteiger partial charge in [0.05, 0.1) is 22.9 Å². The van der Waals surface area contributed by atoms with Crippen LogP contribution in [0.15, 0.2) is 60.9 Å². The van der Waals surface area contributed by atoms with Crippen LogP contribution < -0.4 is 10.9 Å². The molecule has 0 aliphatic carbocycles. The number of hydrazine groups is 1. The van der Waals surface area contributed by atoms with Crippen LogP contribution >= 0.6 is 0 Å². The second-order valence-electron chi connectivity index (χ2n) is 7.24. The van der Waals surface area contributed by atoms with Crippen molar-refractivity contribution < 1.29 is 9.59 Å². The van der Waals surface area contributed by atoms with E-state index in [-0.39, 0.29) is 18.2 Å². The number of rotatable bonds is 6. The largest absolute Gasteiger partial charge is 0.329 e. The van der Waals surface area contributed by atoms with Crippen molar-refractivity contribution in [2.45, 2.75) is 33.2 Å². The van der Waals surface area contributed by atoms with Crippen LogP contribution in [-0.4, -0.2) is 31.1 Å². The third kappa shape index (κ3) is 4.48. The summed E-state index contributed by atoms with van der Waals surface area (Å²) in [6.45, 7) is 4.80. The molecule has 0 saturated carbocycles. The predicted molar refractivity (Wildman–Crippen MR) is 118 cm³/mol. The van der Waals surface area contributed by atoms with Gasteiger partial charge in [-0.15, -0.1) is 0 Å². The van der Waals surface area contributed by atoms with Crippen molar-refractivity contribution in [1.29, 1.82) is 0 Å². The van der Waals surface area contributed by atoms with E-state index in [9.17, 15) is 9.59 Å². The van der Waals surface area contributed by atoms with Crippen molar-refractivity contribution in [3.8, 4) is 5.69 Å². The topological polar surface area (TPSA) is 93.8 Å². The lowest BCUT2D eigenvalue weighted by atomic mass is 10.2. The fourth-order valence-corrected chi connectivity index (χ4v) is 3.52. The number of carbonyl (C=O) groups excluding carboxylic acids is 2. The number of fused-ring (bicyclic) bond motifs is 1. The van der Waals surface area contributed by atoms with Gasteiger partial charge in [-0.3, -0.25) is 20.4 Å². The molecule has 0 spiro atoms. The summed E-state index contributed by atoms with van der Waals surface area (Å²) in [5.41, 5.74) is 9.03. The first-order chi connectivity index (χ1) is 15.0. The van der Waals surface area contributed by atoms with E-state index in [4.69, 9.17) is 0 Å². The Hall–Kier alpha value is -3.94. The number of nitrogens with zero attached hydrogens (tertiary/aromatic N) is 4. The summed E-state index contributed by atoms with van der Waals surface area (Å²) in [7, 11) is 0. The minimum atomic E-state index is -0.379. The predicted octanol–water partition coefficient (Wildman–Crippen LogP) is 2.94. The second-order valence-corrected chi connectivity index (χ2v) is 7.24. The minimum Gasteiger partial charge on any atom is -0.329 e. The zero-order chi connectivity index (χ0) is 21.8. The molecule has 4 aromatic rings. The van der Waals surface area contributed by atoms with Gasteiger partial charge in [0.2, 0.25) is 5.91 Å². The monoisotopic (exact) mass is 416 g/mol. The smallest absolute Gasteiger partial charge is 0.269 e. The lowest BCUT2D eigenvalue weighted by Gasteiger charge is -2.07. The molecule has 8 nitrogen and oxygen atoms in total. The normalized spacial score (nSPS) is 10.9. The van der Waals surface area contributed by atoms with Crippen molar-refractivity contribution in [2.75, 3.05) is 0 Å². The molecule has 0 atom stereocenters.